The van der Waals surface area contributed by atoms with Crippen molar-refractivity contribution in [1.82, 2.24) is 15.8 Å². The van der Waals surface area contributed by atoms with E-state index in [1.165, 1.54) is 12.1 Å². The smallest absolute Gasteiger partial charge is 0.273 e. The number of phenols is 1. The molecule has 6 nitrogen and oxygen atoms in total. The van der Waals surface area contributed by atoms with Crippen LogP contribution < -0.4 is 10.9 Å². The molecule has 3 rings (SSSR count). The number of H-pyrrole nitrogens is 1. The first-order chi connectivity index (χ1) is 11.1. The van der Waals surface area contributed by atoms with Gasteiger partial charge in [0.2, 0.25) is 0 Å². The third-order valence-corrected chi connectivity index (χ3v) is 3.52. The minimum Gasteiger partial charge on any atom is -0.507 e. The highest BCUT2D eigenvalue weighted by Gasteiger charge is 2.15. The molecule has 2 aromatic carbocycles. The Morgan fingerprint density at radius 1 is 1.00 bits per heavy atom. The van der Waals surface area contributed by atoms with Crippen LogP contribution in [0.5, 0.6) is 5.75 Å². The number of aromatic hydroxyl groups is 1. The van der Waals surface area contributed by atoms with Gasteiger partial charge in [-0.1, -0.05) is 24.3 Å². The highest BCUT2D eigenvalue weighted by molar-refractivity contribution is 6.07. The SMILES string of the molecule is Cc1ccc(C(=O)NNC(=O)c2c[nH]c3ccccc23)c(O)c1. The number of hydrazine groups is 1. The minimum atomic E-state index is -0.587. The van der Waals surface area contributed by atoms with Crippen molar-refractivity contribution in [3.05, 3.63) is 65.4 Å². The second kappa shape index (κ2) is 5.84. The van der Waals surface area contributed by atoms with Crippen LogP contribution in [0.2, 0.25) is 0 Å². The van der Waals surface area contributed by atoms with Gasteiger partial charge in [-0.3, -0.25) is 20.4 Å². The van der Waals surface area contributed by atoms with Crippen LogP contribution in [0.3, 0.4) is 0 Å². The number of aryl methyl sites for hydroxylation is 1. The molecule has 0 atom stereocenters. The summed E-state index contributed by atoms with van der Waals surface area (Å²) in [6.07, 6.45) is 1.58. The summed E-state index contributed by atoms with van der Waals surface area (Å²) in [6, 6.07) is 12.0. The maximum absolute atomic E-state index is 12.2. The van der Waals surface area contributed by atoms with E-state index in [9.17, 15) is 14.7 Å². The molecule has 0 spiro atoms. The standard InChI is InChI=1S/C17H15N3O3/c1-10-6-7-12(15(21)8-10)16(22)19-20-17(23)13-9-18-14-5-3-2-4-11(13)14/h2-9,18,21H,1H3,(H,19,22)(H,20,23). The van der Waals surface area contributed by atoms with Crippen molar-refractivity contribution < 1.29 is 14.7 Å². The molecular formula is C17H15N3O3. The lowest BCUT2D eigenvalue weighted by atomic mass is 10.1. The topological polar surface area (TPSA) is 94.2 Å². The van der Waals surface area contributed by atoms with Crippen molar-refractivity contribution in [3.63, 3.8) is 0 Å². The Balaban J connectivity index is 1.72. The fourth-order valence-corrected chi connectivity index (χ4v) is 2.34. The van der Waals surface area contributed by atoms with E-state index in [0.717, 1.165) is 16.5 Å². The molecule has 23 heavy (non-hydrogen) atoms. The molecule has 0 bridgehead atoms. The first-order valence-corrected chi connectivity index (χ1v) is 7.02. The van der Waals surface area contributed by atoms with Crippen LogP contribution in [0.15, 0.2) is 48.7 Å². The van der Waals surface area contributed by atoms with Crippen LogP contribution >= 0.6 is 0 Å². The van der Waals surface area contributed by atoms with E-state index in [-0.39, 0.29) is 11.3 Å². The number of rotatable bonds is 2. The summed E-state index contributed by atoms with van der Waals surface area (Å²) in [5.41, 5.74) is 6.83. The van der Waals surface area contributed by atoms with Crippen molar-refractivity contribution in [2.24, 2.45) is 0 Å². The van der Waals surface area contributed by atoms with E-state index < -0.39 is 11.8 Å². The first-order valence-electron chi connectivity index (χ1n) is 7.02. The summed E-state index contributed by atoms with van der Waals surface area (Å²) in [4.78, 5) is 27.2. The van der Waals surface area contributed by atoms with Crippen LogP contribution in [-0.4, -0.2) is 21.9 Å². The number of carbonyl (C=O) groups excluding carboxylic acids is 2. The maximum atomic E-state index is 12.2. The molecule has 0 saturated carbocycles. The van der Waals surface area contributed by atoms with Crippen LogP contribution in [0.25, 0.3) is 10.9 Å². The van der Waals surface area contributed by atoms with Crippen molar-refractivity contribution in [2.75, 3.05) is 0 Å². The maximum Gasteiger partial charge on any atom is 0.273 e. The largest absolute Gasteiger partial charge is 0.507 e. The third kappa shape index (κ3) is 2.87. The summed E-state index contributed by atoms with van der Waals surface area (Å²) in [5.74, 6) is -1.16. The van der Waals surface area contributed by atoms with Gasteiger partial charge in [0, 0.05) is 17.1 Å². The van der Waals surface area contributed by atoms with Gasteiger partial charge in [0.15, 0.2) is 0 Å². The number of phenolic OH excluding ortho intramolecular Hbond substituents is 1. The normalized spacial score (nSPS) is 10.5. The Morgan fingerprint density at radius 3 is 2.43 bits per heavy atom. The number of hydrogen-bond donors (Lipinski definition) is 4. The van der Waals surface area contributed by atoms with Crippen LogP contribution in [0.4, 0.5) is 0 Å². The highest BCUT2D eigenvalue weighted by Crippen LogP contribution is 2.19. The van der Waals surface area contributed by atoms with Gasteiger partial charge in [-0.25, -0.2) is 0 Å². The molecule has 0 aliphatic rings. The van der Waals surface area contributed by atoms with Gasteiger partial charge >= 0.3 is 0 Å². The predicted octanol–water partition coefficient (Wildman–Crippen LogP) is 2.26. The van der Waals surface area contributed by atoms with Gasteiger partial charge in [0.1, 0.15) is 5.75 Å². The van der Waals surface area contributed by atoms with Gasteiger partial charge < -0.3 is 10.1 Å². The molecule has 6 heteroatoms. The molecule has 0 aliphatic carbocycles. The summed E-state index contributed by atoms with van der Waals surface area (Å²) in [7, 11) is 0. The molecule has 1 aromatic heterocycles. The lowest BCUT2D eigenvalue weighted by Gasteiger charge is -2.08. The first kappa shape index (κ1) is 14.6. The summed E-state index contributed by atoms with van der Waals surface area (Å²) < 4.78 is 0. The number of aromatic nitrogens is 1. The molecule has 0 radical (unpaired) electrons. The lowest BCUT2D eigenvalue weighted by molar-refractivity contribution is 0.0846. The minimum absolute atomic E-state index is 0.0924. The van der Waals surface area contributed by atoms with E-state index in [1.54, 1.807) is 19.2 Å². The second-order valence-corrected chi connectivity index (χ2v) is 5.18. The van der Waals surface area contributed by atoms with Gasteiger partial charge in [-0.05, 0) is 30.7 Å². The van der Waals surface area contributed by atoms with Crippen LogP contribution in [0.1, 0.15) is 26.3 Å². The molecule has 0 aliphatic heterocycles. The van der Waals surface area contributed by atoms with Gasteiger partial charge in [-0.2, -0.15) is 0 Å². The Hall–Kier alpha value is -3.28. The molecule has 1 heterocycles. The van der Waals surface area contributed by atoms with E-state index in [4.69, 9.17) is 0 Å². The van der Waals surface area contributed by atoms with Gasteiger partial charge in [0.05, 0.1) is 11.1 Å². The van der Waals surface area contributed by atoms with E-state index in [0.29, 0.717) is 5.56 Å². The second-order valence-electron chi connectivity index (χ2n) is 5.18. The van der Waals surface area contributed by atoms with Crippen molar-refractivity contribution in [1.29, 1.82) is 0 Å². The molecule has 0 saturated heterocycles. The number of amides is 2. The zero-order valence-corrected chi connectivity index (χ0v) is 12.4. The third-order valence-electron chi connectivity index (χ3n) is 3.52. The summed E-state index contributed by atoms with van der Waals surface area (Å²) in [6.45, 7) is 1.81. The number of nitrogens with one attached hydrogen (secondary N) is 3. The Kier molecular flexibility index (Phi) is 3.72. The number of aromatic amines is 1. The molecular weight excluding hydrogens is 294 g/mol. The average Bonchev–Trinajstić information content (AvgIpc) is 2.96. The monoisotopic (exact) mass is 309 g/mol. The van der Waals surface area contributed by atoms with E-state index in [2.05, 4.69) is 15.8 Å². The number of para-hydroxylation sites is 1. The molecule has 116 valence electrons. The average molecular weight is 309 g/mol. The zero-order chi connectivity index (χ0) is 16.4. The van der Waals surface area contributed by atoms with Crippen molar-refractivity contribution in [2.45, 2.75) is 6.92 Å². The van der Waals surface area contributed by atoms with Gasteiger partial charge in [0.25, 0.3) is 11.8 Å². The number of fused-ring (bicyclic) bond motifs is 1. The Morgan fingerprint density at radius 2 is 1.70 bits per heavy atom. The zero-order valence-electron chi connectivity index (χ0n) is 12.4. The Bertz CT molecular complexity index is 899. The van der Waals surface area contributed by atoms with E-state index in [1.807, 2.05) is 24.3 Å². The quantitative estimate of drug-likeness (QED) is 0.547. The van der Waals surface area contributed by atoms with Crippen LogP contribution in [-0.2, 0) is 0 Å². The number of benzene rings is 2. The summed E-state index contributed by atoms with van der Waals surface area (Å²) in [5, 5.41) is 10.5. The lowest BCUT2D eigenvalue weighted by Crippen LogP contribution is -2.41. The van der Waals surface area contributed by atoms with Gasteiger partial charge in [-0.15, -0.1) is 0 Å². The fourth-order valence-electron chi connectivity index (χ4n) is 2.34. The van der Waals surface area contributed by atoms with Crippen molar-refractivity contribution in [3.8, 4) is 5.75 Å². The fraction of sp³-hybridized carbons (Fsp3) is 0.0588. The Labute approximate surface area is 132 Å². The van der Waals surface area contributed by atoms with Crippen molar-refractivity contribution >= 4 is 22.7 Å². The highest BCUT2D eigenvalue weighted by atomic mass is 16.3. The van der Waals surface area contributed by atoms with E-state index >= 15 is 0 Å². The molecule has 3 aromatic rings. The molecule has 4 N–H and O–H groups in total. The molecule has 0 fully saturated rings. The number of hydrogen-bond acceptors (Lipinski definition) is 3. The number of carbonyl (C=O) groups is 2. The summed E-state index contributed by atoms with van der Waals surface area (Å²) >= 11 is 0. The molecule has 2 amide bonds. The van der Waals surface area contributed by atoms with Crippen LogP contribution in [0, 0.1) is 6.92 Å². The predicted molar refractivity (Wildman–Crippen MR) is 86.1 cm³/mol. The molecule has 0 unspecified atom stereocenters.